The molecule has 0 bridgehead atoms. The highest BCUT2D eigenvalue weighted by molar-refractivity contribution is 5.92. The first kappa shape index (κ1) is 11.3. The molecular weight excluding hydrogens is 198 g/mol. The Labute approximate surface area is 87.2 Å². The standard InChI is InChI=1S/C10H13NO4/c1-5-4-8(6(2)14-5)10(13)15-7(3)9(11)12/h4,7H,1-3H3,(H2,11,12). The van der Waals surface area contributed by atoms with E-state index in [9.17, 15) is 9.59 Å². The molecule has 1 rings (SSSR count). The quantitative estimate of drug-likeness (QED) is 0.754. The van der Waals surface area contributed by atoms with E-state index in [0.29, 0.717) is 17.1 Å². The van der Waals surface area contributed by atoms with Gasteiger partial charge in [-0.1, -0.05) is 0 Å². The lowest BCUT2D eigenvalue weighted by molar-refractivity contribution is -0.125. The van der Waals surface area contributed by atoms with Crippen LogP contribution in [0, 0.1) is 13.8 Å². The third kappa shape index (κ3) is 2.59. The van der Waals surface area contributed by atoms with Crippen molar-refractivity contribution in [3.8, 4) is 0 Å². The van der Waals surface area contributed by atoms with Gasteiger partial charge >= 0.3 is 5.97 Å². The Morgan fingerprint density at radius 1 is 1.47 bits per heavy atom. The zero-order valence-electron chi connectivity index (χ0n) is 8.87. The minimum absolute atomic E-state index is 0.320. The second-order valence-electron chi connectivity index (χ2n) is 3.28. The van der Waals surface area contributed by atoms with E-state index in [0.717, 1.165) is 0 Å². The number of aryl methyl sites for hydroxylation is 2. The molecule has 1 atom stereocenters. The van der Waals surface area contributed by atoms with E-state index in [-0.39, 0.29) is 0 Å². The minimum atomic E-state index is -0.938. The van der Waals surface area contributed by atoms with Crippen molar-refractivity contribution < 1.29 is 18.7 Å². The molecule has 0 saturated carbocycles. The Kier molecular flexibility index (Phi) is 3.14. The van der Waals surface area contributed by atoms with Crippen molar-refractivity contribution in [1.29, 1.82) is 0 Å². The molecule has 1 heterocycles. The molecule has 15 heavy (non-hydrogen) atoms. The fourth-order valence-corrected chi connectivity index (χ4v) is 1.12. The maximum Gasteiger partial charge on any atom is 0.342 e. The summed E-state index contributed by atoms with van der Waals surface area (Å²) in [6.07, 6.45) is -0.938. The van der Waals surface area contributed by atoms with Gasteiger partial charge in [0, 0.05) is 0 Å². The molecule has 0 saturated heterocycles. The maximum atomic E-state index is 11.5. The van der Waals surface area contributed by atoms with E-state index in [1.54, 1.807) is 19.9 Å². The topological polar surface area (TPSA) is 82.5 Å². The van der Waals surface area contributed by atoms with Crippen molar-refractivity contribution in [2.24, 2.45) is 5.73 Å². The summed E-state index contributed by atoms with van der Waals surface area (Å²) in [4.78, 5) is 22.2. The summed E-state index contributed by atoms with van der Waals surface area (Å²) >= 11 is 0. The summed E-state index contributed by atoms with van der Waals surface area (Å²) in [6, 6.07) is 1.56. The van der Waals surface area contributed by atoms with Crippen LogP contribution in [-0.4, -0.2) is 18.0 Å². The summed E-state index contributed by atoms with van der Waals surface area (Å²) in [5.74, 6) is -0.197. The van der Waals surface area contributed by atoms with Gasteiger partial charge in [-0.3, -0.25) is 4.79 Å². The lowest BCUT2D eigenvalue weighted by Crippen LogP contribution is -2.30. The van der Waals surface area contributed by atoms with Crippen molar-refractivity contribution >= 4 is 11.9 Å². The molecule has 0 fully saturated rings. The van der Waals surface area contributed by atoms with Crippen LogP contribution in [0.2, 0.25) is 0 Å². The molecule has 0 spiro atoms. The van der Waals surface area contributed by atoms with Gasteiger partial charge in [0.1, 0.15) is 17.1 Å². The van der Waals surface area contributed by atoms with E-state index in [2.05, 4.69) is 0 Å². The predicted molar refractivity (Wildman–Crippen MR) is 52.3 cm³/mol. The Bertz CT molecular complexity index is 394. The van der Waals surface area contributed by atoms with Gasteiger partial charge in [-0.2, -0.15) is 0 Å². The monoisotopic (exact) mass is 211 g/mol. The maximum absolute atomic E-state index is 11.5. The molecule has 1 unspecified atom stereocenters. The Hall–Kier alpha value is -1.78. The van der Waals surface area contributed by atoms with Gasteiger partial charge in [0.25, 0.3) is 5.91 Å². The predicted octanol–water partition coefficient (Wildman–Crippen LogP) is 0.927. The molecular formula is C10H13NO4. The third-order valence-corrected chi connectivity index (χ3v) is 1.95. The molecule has 82 valence electrons. The first-order valence-corrected chi connectivity index (χ1v) is 4.49. The van der Waals surface area contributed by atoms with Crippen molar-refractivity contribution in [3.05, 3.63) is 23.2 Å². The average molecular weight is 211 g/mol. The molecule has 0 aliphatic rings. The van der Waals surface area contributed by atoms with Crippen LogP contribution in [0.5, 0.6) is 0 Å². The fourth-order valence-electron chi connectivity index (χ4n) is 1.12. The number of ether oxygens (including phenoxy) is 1. The second-order valence-corrected chi connectivity index (χ2v) is 3.28. The molecule has 1 aromatic heterocycles. The lowest BCUT2D eigenvalue weighted by atomic mass is 10.2. The van der Waals surface area contributed by atoms with E-state index >= 15 is 0 Å². The molecule has 2 N–H and O–H groups in total. The van der Waals surface area contributed by atoms with E-state index in [1.165, 1.54) is 6.92 Å². The number of nitrogens with two attached hydrogens (primary N) is 1. The molecule has 0 radical (unpaired) electrons. The van der Waals surface area contributed by atoms with Crippen LogP contribution in [0.4, 0.5) is 0 Å². The van der Waals surface area contributed by atoms with Crippen LogP contribution < -0.4 is 5.73 Å². The summed E-state index contributed by atoms with van der Waals surface area (Å²) in [7, 11) is 0. The van der Waals surface area contributed by atoms with Crippen molar-refractivity contribution in [2.75, 3.05) is 0 Å². The summed E-state index contributed by atoms with van der Waals surface area (Å²) in [6.45, 7) is 4.79. The summed E-state index contributed by atoms with van der Waals surface area (Å²) < 4.78 is 9.98. The van der Waals surface area contributed by atoms with E-state index in [4.69, 9.17) is 14.9 Å². The fraction of sp³-hybridized carbons (Fsp3) is 0.400. The summed E-state index contributed by atoms with van der Waals surface area (Å²) in [5, 5.41) is 0. The van der Waals surface area contributed by atoms with Crippen LogP contribution in [0.3, 0.4) is 0 Å². The zero-order valence-corrected chi connectivity index (χ0v) is 8.87. The smallest absolute Gasteiger partial charge is 0.342 e. The molecule has 0 aromatic carbocycles. The number of furan rings is 1. The number of primary amides is 1. The van der Waals surface area contributed by atoms with Gasteiger partial charge in [0.15, 0.2) is 6.10 Å². The normalized spacial score (nSPS) is 12.2. The molecule has 5 nitrogen and oxygen atoms in total. The highest BCUT2D eigenvalue weighted by Crippen LogP contribution is 2.15. The highest BCUT2D eigenvalue weighted by atomic mass is 16.5. The van der Waals surface area contributed by atoms with E-state index in [1.807, 2.05) is 0 Å². The Balaban J connectivity index is 2.77. The van der Waals surface area contributed by atoms with Gasteiger partial charge < -0.3 is 14.9 Å². The number of esters is 1. The highest BCUT2D eigenvalue weighted by Gasteiger charge is 2.19. The van der Waals surface area contributed by atoms with Crippen LogP contribution in [-0.2, 0) is 9.53 Å². The van der Waals surface area contributed by atoms with Gasteiger partial charge in [0.2, 0.25) is 0 Å². The van der Waals surface area contributed by atoms with Crippen LogP contribution >= 0.6 is 0 Å². The number of hydrogen-bond acceptors (Lipinski definition) is 4. The number of rotatable bonds is 3. The number of amides is 1. The first-order valence-electron chi connectivity index (χ1n) is 4.49. The van der Waals surface area contributed by atoms with Crippen LogP contribution in [0.15, 0.2) is 10.5 Å². The molecule has 5 heteroatoms. The molecule has 1 amide bonds. The second kappa shape index (κ2) is 4.16. The van der Waals surface area contributed by atoms with Crippen LogP contribution in [0.1, 0.15) is 28.8 Å². The first-order chi connectivity index (χ1) is 6.91. The molecule has 0 aliphatic carbocycles. The SMILES string of the molecule is Cc1cc(C(=O)OC(C)C(N)=O)c(C)o1. The largest absolute Gasteiger partial charge is 0.466 e. The number of carbonyl (C=O) groups is 2. The molecule has 1 aromatic rings. The molecule has 0 aliphatic heterocycles. The number of hydrogen-bond donors (Lipinski definition) is 1. The van der Waals surface area contributed by atoms with Crippen molar-refractivity contribution in [1.82, 2.24) is 0 Å². The lowest BCUT2D eigenvalue weighted by Gasteiger charge is -2.08. The van der Waals surface area contributed by atoms with Crippen LogP contribution in [0.25, 0.3) is 0 Å². The van der Waals surface area contributed by atoms with E-state index < -0.39 is 18.0 Å². The summed E-state index contributed by atoms with van der Waals surface area (Å²) in [5.41, 5.74) is 5.29. The van der Waals surface area contributed by atoms with Gasteiger partial charge in [-0.25, -0.2) is 4.79 Å². The number of carbonyl (C=O) groups excluding carboxylic acids is 2. The van der Waals surface area contributed by atoms with Gasteiger partial charge in [0.05, 0.1) is 0 Å². The minimum Gasteiger partial charge on any atom is -0.466 e. The van der Waals surface area contributed by atoms with Gasteiger partial charge in [-0.15, -0.1) is 0 Å². The third-order valence-electron chi connectivity index (χ3n) is 1.95. The Morgan fingerprint density at radius 3 is 2.47 bits per heavy atom. The average Bonchev–Trinajstić information content (AvgIpc) is 2.44. The Morgan fingerprint density at radius 2 is 2.07 bits per heavy atom. The van der Waals surface area contributed by atoms with Crippen molar-refractivity contribution in [2.45, 2.75) is 26.9 Å². The zero-order chi connectivity index (χ0) is 11.6. The van der Waals surface area contributed by atoms with Gasteiger partial charge in [-0.05, 0) is 26.8 Å². The van der Waals surface area contributed by atoms with Crippen molar-refractivity contribution in [3.63, 3.8) is 0 Å².